The normalized spacial score (nSPS) is 11.3. The maximum Gasteiger partial charge on any atom is 0.170 e. The van der Waals surface area contributed by atoms with Crippen LogP contribution in [0, 0.1) is 0 Å². The summed E-state index contributed by atoms with van der Waals surface area (Å²) >= 11 is 4.40. The van der Waals surface area contributed by atoms with Crippen LogP contribution >= 0.6 is 12.6 Å². The van der Waals surface area contributed by atoms with Gasteiger partial charge in [-0.05, 0) is 29.8 Å². The Labute approximate surface area is 123 Å². The fourth-order valence-electron chi connectivity index (χ4n) is 2.19. The molecule has 3 rings (SSSR count). The van der Waals surface area contributed by atoms with E-state index in [9.17, 15) is 8.42 Å². The van der Waals surface area contributed by atoms with Crippen LogP contribution in [-0.4, -0.2) is 18.0 Å². The van der Waals surface area contributed by atoms with Gasteiger partial charge in [-0.15, -0.1) is 12.6 Å². The van der Waals surface area contributed by atoms with Gasteiger partial charge >= 0.3 is 0 Å². The van der Waals surface area contributed by atoms with Crippen LogP contribution in [0.25, 0.3) is 16.7 Å². The average molecular weight is 304 g/mol. The number of thiol groups is 2. The van der Waals surface area contributed by atoms with Gasteiger partial charge in [-0.2, -0.15) is 0 Å². The standard InChI is InChI=1S/C14H12N2O2S2/c17-20(18)9-10-6-7-13-12(8-10)15-14(19)16(13)11-4-2-1-3-5-11/h1-8,20H,9H2,(H,15,19). The van der Waals surface area contributed by atoms with Gasteiger partial charge in [-0.1, -0.05) is 24.3 Å². The van der Waals surface area contributed by atoms with E-state index in [0.29, 0.717) is 5.16 Å². The van der Waals surface area contributed by atoms with Crippen molar-refractivity contribution in [2.24, 2.45) is 0 Å². The predicted molar refractivity (Wildman–Crippen MR) is 82.3 cm³/mol. The van der Waals surface area contributed by atoms with E-state index in [1.54, 1.807) is 6.07 Å². The topological polar surface area (TPSA) is 52.0 Å². The SMILES string of the molecule is O=[SH](=O)Cc1ccc2c(c1)nc(S)n2-c1ccccc1. The molecule has 0 saturated carbocycles. The zero-order valence-corrected chi connectivity index (χ0v) is 12.2. The molecule has 0 fully saturated rings. The van der Waals surface area contributed by atoms with Crippen molar-refractivity contribution in [2.45, 2.75) is 10.9 Å². The third-order valence-electron chi connectivity index (χ3n) is 3.03. The first-order valence-corrected chi connectivity index (χ1v) is 7.84. The molecule has 4 nitrogen and oxygen atoms in total. The molecule has 0 aliphatic carbocycles. The predicted octanol–water partition coefficient (Wildman–Crippen LogP) is 2.43. The molecule has 2 aromatic carbocycles. The lowest BCUT2D eigenvalue weighted by Crippen LogP contribution is -1.94. The third kappa shape index (κ3) is 2.44. The Hall–Kier alpha value is -1.79. The molecular formula is C14H12N2O2S2. The van der Waals surface area contributed by atoms with Crippen LogP contribution in [0.4, 0.5) is 0 Å². The quantitative estimate of drug-likeness (QED) is 0.731. The summed E-state index contributed by atoms with van der Waals surface area (Å²) in [6.07, 6.45) is 0. The van der Waals surface area contributed by atoms with Crippen molar-refractivity contribution in [3.8, 4) is 5.69 Å². The molecule has 102 valence electrons. The number of benzene rings is 2. The maximum absolute atomic E-state index is 10.8. The molecule has 0 radical (unpaired) electrons. The Kier molecular flexibility index (Phi) is 3.50. The van der Waals surface area contributed by atoms with Gasteiger partial charge in [-0.3, -0.25) is 4.57 Å². The van der Waals surface area contributed by atoms with E-state index in [2.05, 4.69) is 17.6 Å². The van der Waals surface area contributed by atoms with Crippen LogP contribution in [0.5, 0.6) is 0 Å². The van der Waals surface area contributed by atoms with Crippen LogP contribution in [0.3, 0.4) is 0 Å². The van der Waals surface area contributed by atoms with E-state index in [1.807, 2.05) is 47.0 Å². The first-order valence-electron chi connectivity index (χ1n) is 6.03. The van der Waals surface area contributed by atoms with E-state index in [-0.39, 0.29) is 5.75 Å². The Bertz CT molecular complexity index is 831. The molecule has 0 bridgehead atoms. The molecule has 3 aromatic rings. The number of rotatable bonds is 3. The van der Waals surface area contributed by atoms with Gasteiger partial charge in [0.1, 0.15) is 10.7 Å². The molecule has 6 heteroatoms. The van der Waals surface area contributed by atoms with Crippen molar-refractivity contribution >= 4 is 34.4 Å². The summed E-state index contributed by atoms with van der Waals surface area (Å²) < 4.78 is 23.5. The smallest absolute Gasteiger partial charge is 0.170 e. The van der Waals surface area contributed by atoms with Crippen molar-refractivity contribution in [2.75, 3.05) is 0 Å². The Morgan fingerprint density at radius 1 is 1.10 bits per heavy atom. The van der Waals surface area contributed by atoms with Gasteiger partial charge in [0.25, 0.3) is 0 Å². The van der Waals surface area contributed by atoms with E-state index in [1.165, 1.54) is 0 Å². The van der Waals surface area contributed by atoms with Gasteiger partial charge < -0.3 is 0 Å². The molecule has 1 aromatic heterocycles. The molecule has 0 unspecified atom stereocenters. The Balaban J connectivity index is 2.17. The van der Waals surface area contributed by atoms with E-state index in [0.717, 1.165) is 22.3 Å². The van der Waals surface area contributed by atoms with Crippen LogP contribution in [-0.2, 0) is 16.5 Å². The number of hydrogen-bond acceptors (Lipinski definition) is 4. The van der Waals surface area contributed by atoms with Crippen molar-refractivity contribution in [1.29, 1.82) is 0 Å². The molecule has 0 atom stereocenters. The Morgan fingerprint density at radius 3 is 2.55 bits per heavy atom. The summed E-state index contributed by atoms with van der Waals surface area (Å²) in [6.45, 7) is 0. The summed E-state index contributed by atoms with van der Waals surface area (Å²) in [5.74, 6) is 0.0331. The van der Waals surface area contributed by atoms with Crippen LogP contribution < -0.4 is 0 Å². The van der Waals surface area contributed by atoms with Crippen LogP contribution in [0.15, 0.2) is 53.7 Å². The number of nitrogens with zero attached hydrogens (tertiary/aromatic N) is 2. The minimum Gasteiger partial charge on any atom is -0.288 e. The van der Waals surface area contributed by atoms with Gasteiger partial charge in [0.2, 0.25) is 0 Å². The summed E-state index contributed by atoms with van der Waals surface area (Å²) in [7, 11) is -2.43. The van der Waals surface area contributed by atoms with Crippen molar-refractivity contribution < 1.29 is 8.42 Å². The zero-order chi connectivity index (χ0) is 14.1. The lowest BCUT2D eigenvalue weighted by molar-refractivity contribution is 0.614. The fraction of sp³-hybridized carbons (Fsp3) is 0.0714. The second-order valence-electron chi connectivity index (χ2n) is 4.40. The average Bonchev–Trinajstić information content (AvgIpc) is 2.74. The summed E-state index contributed by atoms with van der Waals surface area (Å²) in [5.41, 5.74) is 3.36. The molecule has 0 aliphatic rings. The molecule has 0 aliphatic heterocycles. The van der Waals surface area contributed by atoms with Crippen molar-refractivity contribution in [1.82, 2.24) is 9.55 Å². The molecule has 20 heavy (non-hydrogen) atoms. The largest absolute Gasteiger partial charge is 0.288 e. The zero-order valence-electron chi connectivity index (χ0n) is 10.4. The second-order valence-corrected chi connectivity index (χ2v) is 5.78. The molecule has 0 spiro atoms. The highest BCUT2D eigenvalue weighted by atomic mass is 32.2. The van der Waals surface area contributed by atoms with Crippen molar-refractivity contribution in [3.63, 3.8) is 0 Å². The highest BCUT2D eigenvalue weighted by molar-refractivity contribution is 7.80. The molecule has 0 N–H and O–H groups in total. The summed E-state index contributed by atoms with van der Waals surface area (Å²) in [4.78, 5) is 4.39. The second kappa shape index (κ2) is 5.30. The number of aromatic nitrogens is 2. The first-order chi connectivity index (χ1) is 9.65. The van der Waals surface area contributed by atoms with Crippen LogP contribution in [0.2, 0.25) is 0 Å². The molecule has 0 amide bonds. The third-order valence-corrected chi connectivity index (χ3v) is 3.95. The highest BCUT2D eigenvalue weighted by Gasteiger charge is 2.10. The molecule has 1 heterocycles. The summed E-state index contributed by atoms with van der Waals surface area (Å²) in [5, 5.41) is 0.579. The van der Waals surface area contributed by atoms with Crippen LogP contribution in [0.1, 0.15) is 5.56 Å². The number of hydrogen-bond donors (Lipinski definition) is 2. The van der Waals surface area contributed by atoms with Gasteiger partial charge in [0.05, 0.1) is 16.8 Å². The monoisotopic (exact) mass is 304 g/mol. The first kappa shape index (κ1) is 13.2. The maximum atomic E-state index is 10.8. The lowest BCUT2D eigenvalue weighted by Gasteiger charge is -2.05. The summed E-state index contributed by atoms with van der Waals surface area (Å²) in [6, 6.07) is 15.3. The van der Waals surface area contributed by atoms with Gasteiger partial charge in [0, 0.05) is 5.69 Å². The number of fused-ring (bicyclic) bond motifs is 1. The van der Waals surface area contributed by atoms with E-state index < -0.39 is 10.7 Å². The minimum atomic E-state index is -2.43. The molecular weight excluding hydrogens is 292 g/mol. The molecule has 0 saturated heterocycles. The van der Waals surface area contributed by atoms with E-state index >= 15 is 0 Å². The Morgan fingerprint density at radius 2 is 1.85 bits per heavy atom. The minimum absolute atomic E-state index is 0.0331. The van der Waals surface area contributed by atoms with Gasteiger partial charge in [-0.25, -0.2) is 13.4 Å². The van der Waals surface area contributed by atoms with Gasteiger partial charge in [0.15, 0.2) is 5.16 Å². The fourth-order valence-corrected chi connectivity index (χ4v) is 3.02. The highest BCUT2D eigenvalue weighted by Crippen LogP contribution is 2.24. The van der Waals surface area contributed by atoms with E-state index in [4.69, 9.17) is 0 Å². The van der Waals surface area contributed by atoms with Crippen molar-refractivity contribution in [3.05, 3.63) is 54.1 Å². The number of para-hydroxylation sites is 1. The lowest BCUT2D eigenvalue weighted by atomic mass is 10.2. The number of imidazole rings is 1.